The number of hydrogen-bond donors (Lipinski definition) is 1. The van der Waals surface area contributed by atoms with Gasteiger partial charge in [-0.3, -0.25) is 9.79 Å². The van der Waals surface area contributed by atoms with Crippen molar-refractivity contribution >= 4 is 46.9 Å². The van der Waals surface area contributed by atoms with E-state index in [1.54, 1.807) is 7.05 Å². The second kappa shape index (κ2) is 9.80. The molecular weight excluding hydrogens is 445 g/mol. The summed E-state index contributed by atoms with van der Waals surface area (Å²) in [6.07, 6.45) is 1.82. The van der Waals surface area contributed by atoms with Crippen molar-refractivity contribution in [3.63, 3.8) is 0 Å². The van der Waals surface area contributed by atoms with Crippen LogP contribution in [0.3, 0.4) is 0 Å². The van der Waals surface area contributed by atoms with Crippen LogP contribution in [0.25, 0.3) is 11.0 Å². The lowest BCUT2D eigenvalue weighted by atomic mass is 9.98. The van der Waals surface area contributed by atoms with Crippen molar-refractivity contribution in [2.24, 2.45) is 10.9 Å². The van der Waals surface area contributed by atoms with Gasteiger partial charge in [-0.15, -0.1) is 24.0 Å². The maximum Gasteiger partial charge on any atom is 0.310 e. The summed E-state index contributed by atoms with van der Waals surface area (Å²) >= 11 is 0. The fraction of sp³-hybridized carbons (Fsp3) is 0.474. The standard InChI is InChI=1S/C19H25N3O3.HI/c1-3-24-18(23)15-8-6-10-22(13-15)19(20-2)21-12-16-11-14-7-4-5-9-17(14)25-16;/h4-5,7,9,11,15H,3,6,8,10,12-13H2,1-2H3,(H,20,21);1H. The number of halogens is 1. The summed E-state index contributed by atoms with van der Waals surface area (Å²) in [5.74, 6) is 1.45. The summed E-state index contributed by atoms with van der Waals surface area (Å²) in [5, 5.41) is 4.43. The van der Waals surface area contributed by atoms with Gasteiger partial charge in [-0.05, 0) is 31.9 Å². The molecule has 2 aromatic rings. The molecule has 1 N–H and O–H groups in total. The monoisotopic (exact) mass is 471 g/mol. The number of nitrogens with one attached hydrogen (secondary N) is 1. The number of piperidine rings is 1. The number of carbonyl (C=O) groups is 1. The Hall–Kier alpha value is -1.77. The highest BCUT2D eigenvalue weighted by Gasteiger charge is 2.28. The van der Waals surface area contributed by atoms with Crippen molar-refractivity contribution in [3.8, 4) is 0 Å². The van der Waals surface area contributed by atoms with E-state index in [0.717, 1.165) is 42.1 Å². The van der Waals surface area contributed by atoms with E-state index in [2.05, 4.69) is 15.2 Å². The Labute approximate surface area is 171 Å². The highest BCUT2D eigenvalue weighted by molar-refractivity contribution is 14.0. The van der Waals surface area contributed by atoms with Crippen LogP contribution in [0.4, 0.5) is 0 Å². The van der Waals surface area contributed by atoms with Crippen molar-refractivity contribution in [3.05, 3.63) is 36.1 Å². The Morgan fingerprint density at radius 3 is 2.96 bits per heavy atom. The smallest absolute Gasteiger partial charge is 0.310 e. The molecule has 1 atom stereocenters. The molecule has 3 rings (SSSR count). The second-order valence-corrected chi connectivity index (χ2v) is 6.19. The van der Waals surface area contributed by atoms with Gasteiger partial charge in [-0.25, -0.2) is 0 Å². The number of likely N-dealkylation sites (tertiary alicyclic amines) is 1. The van der Waals surface area contributed by atoms with Crippen molar-refractivity contribution in [1.29, 1.82) is 0 Å². The van der Waals surface area contributed by atoms with E-state index in [1.165, 1.54) is 0 Å². The Morgan fingerprint density at radius 1 is 1.42 bits per heavy atom. The number of guanidine groups is 1. The van der Waals surface area contributed by atoms with Crippen LogP contribution < -0.4 is 5.32 Å². The molecule has 1 aliphatic rings. The van der Waals surface area contributed by atoms with Crippen LogP contribution >= 0.6 is 24.0 Å². The van der Waals surface area contributed by atoms with E-state index >= 15 is 0 Å². The predicted molar refractivity (Wildman–Crippen MR) is 113 cm³/mol. The minimum absolute atomic E-state index is 0. The van der Waals surface area contributed by atoms with Gasteiger partial charge in [0.25, 0.3) is 0 Å². The summed E-state index contributed by atoms with van der Waals surface area (Å²) in [7, 11) is 1.76. The first kappa shape index (κ1) is 20.5. The third kappa shape index (κ3) is 4.90. The molecule has 0 aliphatic carbocycles. The molecule has 1 unspecified atom stereocenters. The third-order valence-corrected chi connectivity index (χ3v) is 4.45. The molecule has 0 saturated carbocycles. The zero-order valence-corrected chi connectivity index (χ0v) is 17.6. The van der Waals surface area contributed by atoms with E-state index < -0.39 is 0 Å². The molecule has 1 aromatic heterocycles. The molecule has 2 heterocycles. The van der Waals surface area contributed by atoms with Crippen molar-refractivity contribution in [1.82, 2.24) is 10.2 Å². The van der Waals surface area contributed by atoms with Crippen molar-refractivity contribution in [2.45, 2.75) is 26.3 Å². The quantitative estimate of drug-likeness (QED) is 0.321. The van der Waals surface area contributed by atoms with Crippen LogP contribution in [0, 0.1) is 5.92 Å². The topological polar surface area (TPSA) is 67.1 Å². The molecule has 26 heavy (non-hydrogen) atoms. The minimum Gasteiger partial charge on any atom is -0.466 e. The zero-order valence-electron chi connectivity index (χ0n) is 15.2. The van der Waals surface area contributed by atoms with Crippen LogP contribution in [-0.2, 0) is 16.1 Å². The average Bonchev–Trinajstić information content (AvgIpc) is 3.05. The lowest BCUT2D eigenvalue weighted by molar-refractivity contribution is -0.149. The van der Waals surface area contributed by atoms with Gasteiger partial charge < -0.3 is 19.4 Å². The number of furan rings is 1. The van der Waals surface area contributed by atoms with E-state index in [9.17, 15) is 4.79 Å². The molecule has 0 radical (unpaired) electrons. The number of rotatable bonds is 4. The van der Waals surface area contributed by atoms with Gasteiger partial charge in [-0.1, -0.05) is 18.2 Å². The molecular formula is C19H26IN3O3. The minimum atomic E-state index is -0.111. The van der Waals surface area contributed by atoms with Crippen molar-refractivity contribution in [2.75, 3.05) is 26.7 Å². The first-order valence-corrected chi connectivity index (χ1v) is 8.81. The number of aliphatic imine (C=N–C) groups is 1. The third-order valence-electron chi connectivity index (χ3n) is 4.45. The fourth-order valence-electron chi connectivity index (χ4n) is 3.24. The molecule has 1 aromatic carbocycles. The molecule has 1 fully saturated rings. The summed E-state index contributed by atoms with van der Waals surface area (Å²) in [6, 6.07) is 9.99. The molecule has 0 amide bonds. The average molecular weight is 471 g/mol. The van der Waals surface area contributed by atoms with E-state index in [1.807, 2.05) is 37.3 Å². The number of hydrogen-bond acceptors (Lipinski definition) is 4. The molecule has 1 aliphatic heterocycles. The van der Waals surface area contributed by atoms with E-state index in [0.29, 0.717) is 19.7 Å². The first-order valence-electron chi connectivity index (χ1n) is 8.81. The number of carbonyl (C=O) groups excluding carboxylic acids is 1. The van der Waals surface area contributed by atoms with Crippen LogP contribution in [0.5, 0.6) is 0 Å². The summed E-state index contributed by atoms with van der Waals surface area (Å²) in [6.45, 7) is 4.34. The molecule has 0 spiro atoms. The summed E-state index contributed by atoms with van der Waals surface area (Å²) in [5.41, 5.74) is 0.884. The Bertz CT molecular complexity index is 726. The summed E-state index contributed by atoms with van der Waals surface area (Å²) < 4.78 is 11.0. The lowest BCUT2D eigenvalue weighted by Crippen LogP contribution is -2.48. The van der Waals surface area contributed by atoms with Crippen molar-refractivity contribution < 1.29 is 13.9 Å². The zero-order chi connectivity index (χ0) is 17.6. The van der Waals surface area contributed by atoms with Crippen LogP contribution in [0.15, 0.2) is 39.7 Å². The van der Waals surface area contributed by atoms with Gasteiger partial charge in [-0.2, -0.15) is 0 Å². The highest BCUT2D eigenvalue weighted by Crippen LogP contribution is 2.20. The molecule has 7 heteroatoms. The molecule has 142 valence electrons. The Balaban J connectivity index is 0.00000243. The predicted octanol–water partition coefficient (Wildman–Crippen LogP) is 3.40. The first-order chi connectivity index (χ1) is 12.2. The van der Waals surface area contributed by atoms with E-state index in [4.69, 9.17) is 9.15 Å². The van der Waals surface area contributed by atoms with Gasteiger partial charge in [0.05, 0.1) is 19.1 Å². The SMILES string of the molecule is CCOC(=O)C1CCCN(C(=NC)NCc2cc3ccccc3o2)C1.I. The molecule has 0 bridgehead atoms. The largest absolute Gasteiger partial charge is 0.466 e. The molecule has 1 saturated heterocycles. The number of fused-ring (bicyclic) bond motifs is 1. The van der Waals surface area contributed by atoms with Gasteiger partial charge in [0.15, 0.2) is 5.96 Å². The van der Waals surface area contributed by atoms with E-state index in [-0.39, 0.29) is 35.9 Å². The number of benzene rings is 1. The maximum absolute atomic E-state index is 12.0. The van der Waals surface area contributed by atoms with Gasteiger partial charge in [0.1, 0.15) is 11.3 Å². The van der Waals surface area contributed by atoms with Crippen LogP contribution in [-0.4, -0.2) is 43.6 Å². The summed E-state index contributed by atoms with van der Waals surface area (Å²) in [4.78, 5) is 18.5. The van der Waals surface area contributed by atoms with Crippen LogP contribution in [0.1, 0.15) is 25.5 Å². The highest BCUT2D eigenvalue weighted by atomic mass is 127. The lowest BCUT2D eigenvalue weighted by Gasteiger charge is -2.33. The normalized spacial score (nSPS) is 17.7. The fourth-order valence-corrected chi connectivity index (χ4v) is 3.24. The van der Waals surface area contributed by atoms with Crippen LogP contribution in [0.2, 0.25) is 0 Å². The van der Waals surface area contributed by atoms with Gasteiger partial charge in [0.2, 0.25) is 0 Å². The number of para-hydroxylation sites is 1. The Morgan fingerprint density at radius 2 is 2.23 bits per heavy atom. The van der Waals surface area contributed by atoms with Gasteiger partial charge in [0, 0.05) is 25.5 Å². The number of ether oxygens (including phenoxy) is 1. The second-order valence-electron chi connectivity index (χ2n) is 6.19. The maximum atomic E-state index is 12.0. The Kier molecular flexibility index (Phi) is 7.74. The molecule has 6 nitrogen and oxygen atoms in total. The number of nitrogens with zero attached hydrogens (tertiary/aromatic N) is 2. The number of esters is 1. The van der Waals surface area contributed by atoms with Gasteiger partial charge >= 0.3 is 5.97 Å².